The van der Waals surface area contributed by atoms with Crippen molar-refractivity contribution < 1.29 is 9.90 Å². The Labute approximate surface area is 125 Å². The van der Waals surface area contributed by atoms with E-state index in [4.69, 9.17) is 0 Å². The van der Waals surface area contributed by atoms with Gasteiger partial charge in [0.05, 0.1) is 11.3 Å². The molecule has 1 heterocycles. The standard InChI is InChI=1S/C15H25N3O3/c1-6-10-11(7-2)17-18-14(20)12(10)13(19)16-8-15(5,21)9(3)4/h9,21H,6-8H2,1-5H3,(H,16,19)(H,18,20). The number of aryl methyl sites for hydroxylation is 1. The van der Waals surface area contributed by atoms with Crippen LogP contribution in [0, 0.1) is 5.92 Å². The monoisotopic (exact) mass is 295 g/mol. The summed E-state index contributed by atoms with van der Waals surface area (Å²) >= 11 is 0. The third kappa shape index (κ3) is 3.91. The fourth-order valence-corrected chi connectivity index (χ4v) is 1.99. The van der Waals surface area contributed by atoms with E-state index in [0.29, 0.717) is 18.4 Å². The molecule has 0 saturated heterocycles. The van der Waals surface area contributed by atoms with Gasteiger partial charge in [0.15, 0.2) is 0 Å². The van der Waals surface area contributed by atoms with Crippen LogP contribution in [0.15, 0.2) is 4.79 Å². The molecule has 0 bridgehead atoms. The minimum absolute atomic E-state index is 0.00891. The highest BCUT2D eigenvalue weighted by molar-refractivity contribution is 5.95. The number of nitrogens with zero attached hydrogens (tertiary/aromatic N) is 1. The van der Waals surface area contributed by atoms with Crippen molar-refractivity contribution in [2.45, 2.75) is 53.1 Å². The highest BCUT2D eigenvalue weighted by Crippen LogP contribution is 2.15. The Bertz CT molecular complexity index is 562. The van der Waals surface area contributed by atoms with Crippen LogP contribution in [0.3, 0.4) is 0 Å². The van der Waals surface area contributed by atoms with Crippen LogP contribution in [0.2, 0.25) is 0 Å². The molecule has 118 valence electrons. The Balaban J connectivity index is 3.06. The van der Waals surface area contributed by atoms with E-state index in [1.807, 2.05) is 27.7 Å². The zero-order valence-corrected chi connectivity index (χ0v) is 13.4. The summed E-state index contributed by atoms with van der Waals surface area (Å²) in [6, 6.07) is 0. The average molecular weight is 295 g/mol. The molecular weight excluding hydrogens is 270 g/mol. The number of carbonyl (C=O) groups excluding carboxylic acids is 1. The molecule has 0 spiro atoms. The molecule has 1 aromatic rings. The number of aromatic amines is 1. The van der Waals surface area contributed by atoms with Crippen molar-refractivity contribution in [1.82, 2.24) is 15.5 Å². The van der Waals surface area contributed by atoms with E-state index in [2.05, 4.69) is 15.5 Å². The minimum Gasteiger partial charge on any atom is -0.388 e. The molecule has 0 aromatic carbocycles. The maximum absolute atomic E-state index is 12.3. The third-order valence-corrected chi connectivity index (χ3v) is 3.94. The van der Waals surface area contributed by atoms with E-state index >= 15 is 0 Å². The van der Waals surface area contributed by atoms with Crippen molar-refractivity contribution in [3.05, 3.63) is 27.2 Å². The lowest BCUT2D eigenvalue weighted by molar-refractivity contribution is 0.0142. The maximum atomic E-state index is 12.3. The van der Waals surface area contributed by atoms with Crippen molar-refractivity contribution in [2.24, 2.45) is 5.92 Å². The summed E-state index contributed by atoms with van der Waals surface area (Å²) in [7, 11) is 0. The molecule has 6 heteroatoms. The van der Waals surface area contributed by atoms with E-state index in [-0.39, 0.29) is 18.0 Å². The Kier molecular flexibility index (Phi) is 5.66. The molecule has 21 heavy (non-hydrogen) atoms. The molecule has 1 amide bonds. The summed E-state index contributed by atoms with van der Waals surface area (Å²) in [5.41, 5.74) is -0.0226. The van der Waals surface area contributed by atoms with Crippen LogP contribution in [0.25, 0.3) is 0 Å². The number of H-pyrrole nitrogens is 1. The number of aromatic nitrogens is 2. The largest absolute Gasteiger partial charge is 0.388 e. The number of hydrogen-bond donors (Lipinski definition) is 3. The first-order valence-corrected chi connectivity index (χ1v) is 7.35. The fraction of sp³-hybridized carbons (Fsp3) is 0.667. The SMILES string of the molecule is CCc1n[nH]c(=O)c(C(=O)NCC(C)(O)C(C)C)c1CC. The van der Waals surface area contributed by atoms with E-state index in [1.54, 1.807) is 6.92 Å². The second kappa shape index (κ2) is 6.85. The lowest BCUT2D eigenvalue weighted by Gasteiger charge is -2.27. The first-order valence-electron chi connectivity index (χ1n) is 7.35. The zero-order chi connectivity index (χ0) is 16.2. The zero-order valence-electron chi connectivity index (χ0n) is 13.4. The van der Waals surface area contributed by atoms with Gasteiger partial charge in [-0.15, -0.1) is 0 Å². The van der Waals surface area contributed by atoms with Gasteiger partial charge in [0, 0.05) is 6.54 Å². The van der Waals surface area contributed by atoms with E-state index in [1.165, 1.54) is 0 Å². The van der Waals surface area contributed by atoms with Gasteiger partial charge in [0.1, 0.15) is 5.56 Å². The van der Waals surface area contributed by atoms with Gasteiger partial charge in [-0.2, -0.15) is 5.10 Å². The van der Waals surface area contributed by atoms with Crippen molar-refractivity contribution in [3.8, 4) is 0 Å². The van der Waals surface area contributed by atoms with Crippen LogP contribution in [0.5, 0.6) is 0 Å². The molecule has 3 N–H and O–H groups in total. The Hall–Kier alpha value is -1.69. The number of aliphatic hydroxyl groups is 1. The number of carbonyl (C=O) groups is 1. The van der Waals surface area contributed by atoms with E-state index < -0.39 is 17.1 Å². The second-order valence-electron chi connectivity index (χ2n) is 5.75. The molecule has 0 aliphatic carbocycles. The van der Waals surface area contributed by atoms with Crippen molar-refractivity contribution in [3.63, 3.8) is 0 Å². The smallest absolute Gasteiger partial charge is 0.277 e. The van der Waals surface area contributed by atoms with Crippen molar-refractivity contribution in [1.29, 1.82) is 0 Å². The molecule has 0 aliphatic rings. The van der Waals surface area contributed by atoms with Gasteiger partial charge in [-0.25, -0.2) is 5.10 Å². The summed E-state index contributed by atoms with van der Waals surface area (Å²) in [5.74, 6) is -0.475. The average Bonchev–Trinajstić information content (AvgIpc) is 2.44. The molecule has 1 atom stereocenters. The summed E-state index contributed by atoms with van der Waals surface area (Å²) in [5, 5.41) is 19.2. The predicted octanol–water partition coefficient (Wildman–Crippen LogP) is 1.03. The molecule has 1 unspecified atom stereocenters. The highest BCUT2D eigenvalue weighted by atomic mass is 16.3. The van der Waals surface area contributed by atoms with E-state index in [9.17, 15) is 14.7 Å². The summed E-state index contributed by atoms with van der Waals surface area (Å²) in [6.07, 6.45) is 1.20. The van der Waals surface area contributed by atoms with Gasteiger partial charge in [0.25, 0.3) is 11.5 Å². The molecule has 1 aromatic heterocycles. The fourth-order valence-electron chi connectivity index (χ4n) is 1.99. The third-order valence-electron chi connectivity index (χ3n) is 3.94. The molecule has 0 fully saturated rings. The van der Waals surface area contributed by atoms with Gasteiger partial charge < -0.3 is 10.4 Å². The molecule has 0 aliphatic heterocycles. The molecule has 0 saturated carbocycles. The molecule has 6 nitrogen and oxygen atoms in total. The maximum Gasteiger partial charge on any atom is 0.277 e. The van der Waals surface area contributed by atoms with E-state index in [0.717, 1.165) is 5.69 Å². The van der Waals surface area contributed by atoms with Crippen LogP contribution < -0.4 is 10.9 Å². The predicted molar refractivity (Wildman–Crippen MR) is 81.4 cm³/mol. The molecular formula is C15H25N3O3. The van der Waals surface area contributed by atoms with Gasteiger partial charge >= 0.3 is 0 Å². The van der Waals surface area contributed by atoms with Crippen LogP contribution in [0.1, 0.15) is 56.2 Å². The minimum atomic E-state index is -1.02. The number of nitrogens with one attached hydrogen (secondary N) is 2. The Morgan fingerprint density at radius 1 is 1.38 bits per heavy atom. The summed E-state index contributed by atoms with van der Waals surface area (Å²) in [6.45, 7) is 9.31. The summed E-state index contributed by atoms with van der Waals surface area (Å²) < 4.78 is 0. The van der Waals surface area contributed by atoms with Crippen LogP contribution in [-0.4, -0.2) is 33.4 Å². The van der Waals surface area contributed by atoms with Crippen LogP contribution >= 0.6 is 0 Å². The van der Waals surface area contributed by atoms with Gasteiger partial charge in [-0.1, -0.05) is 27.7 Å². The lowest BCUT2D eigenvalue weighted by Crippen LogP contribution is -2.45. The number of rotatable bonds is 6. The first kappa shape index (κ1) is 17.4. The Morgan fingerprint density at radius 3 is 2.48 bits per heavy atom. The molecule has 0 radical (unpaired) electrons. The van der Waals surface area contributed by atoms with Gasteiger partial charge in [-0.3, -0.25) is 9.59 Å². The number of hydrogen-bond acceptors (Lipinski definition) is 4. The molecule has 1 rings (SSSR count). The lowest BCUT2D eigenvalue weighted by atomic mass is 9.92. The van der Waals surface area contributed by atoms with Crippen molar-refractivity contribution >= 4 is 5.91 Å². The van der Waals surface area contributed by atoms with Crippen molar-refractivity contribution in [2.75, 3.05) is 6.54 Å². The van der Waals surface area contributed by atoms with Gasteiger partial charge in [0.2, 0.25) is 0 Å². The quantitative estimate of drug-likeness (QED) is 0.730. The topological polar surface area (TPSA) is 95.1 Å². The highest BCUT2D eigenvalue weighted by Gasteiger charge is 2.27. The Morgan fingerprint density at radius 2 is 2.00 bits per heavy atom. The number of amides is 1. The van der Waals surface area contributed by atoms with Gasteiger partial charge in [-0.05, 0) is 31.2 Å². The second-order valence-corrected chi connectivity index (χ2v) is 5.75. The normalized spacial score (nSPS) is 14.0. The first-order chi connectivity index (χ1) is 9.74. The summed E-state index contributed by atoms with van der Waals surface area (Å²) in [4.78, 5) is 24.2. The van der Waals surface area contributed by atoms with Crippen LogP contribution in [0.4, 0.5) is 0 Å². The van der Waals surface area contributed by atoms with Crippen LogP contribution in [-0.2, 0) is 12.8 Å².